The van der Waals surface area contributed by atoms with Gasteiger partial charge in [-0.15, -0.1) is 0 Å². The topological polar surface area (TPSA) is 71.1 Å². The van der Waals surface area contributed by atoms with Gasteiger partial charge in [-0.25, -0.2) is 4.79 Å². The van der Waals surface area contributed by atoms with Crippen molar-refractivity contribution in [2.24, 2.45) is 5.41 Å². The summed E-state index contributed by atoms with van der Waals surface area (Å²) in [6, 6.07) is 7.26. The summed E-state index contributed by atoms with van der Waals surface area (Å²) in [6.45, 7) is 2.85. The zero-order valence-electron chi connectivity index (χ0n) is 18.5. The molecule has 170 valence electrons. The number of hydrogen-bond acceptors (Lipinski definition) is 5. The van der Waals surface area contributed by atoms with Crippen LogP contribution in [0.4, 0.5) is 10.5 Å². The fourth-order valence-electron chi connectivity index (χ4n) is 4.52. The van der Waals surface area contributed by atoms with Crippen LogP contribution in [0.5, 0.6) is 11.5 Å². The molecule has 4 rings (SSSR count). The molecule has 32 heavy (non-hydrogen) atoms. The van der Waals surface area contributed by atoms with Crippen molar-refractivity contribution < 1.29 is 19.1 Å². The van der Waals surface area contributed by atoms with Gasteiger partial charge in [0.15, 0.2) is 0 Å². The van der Waals surface area contributed by atoms with E-state index in [1.165, 1.54) is 0 Å². The van der Waals surface area contributed by atoms with Gasteiger partial charge in [0.25, 0.3) is 0 Å². The van der Waals surface area contributed by atoms with Gasteiger partial charge in [-0.3, -0.25) is 4.79 Å². The monoisotopic (exact) mass is 455 g/mol. The highest BCUT2D eigenvalue weighted by Crippen LogP contribution is 2.41. The van der Waals surface area contributed by atoms with Gasteiger partial charge in [0, 0.05) is 32.3 Å². The minimum absolute atomic E-state index is 0.0573. The molecule has 2 aliphatic rings. The maximum Gasteiger partial charge on any atom is 0.322 e. The molecule has 0 unspecified atom stereocenters. The molecule has 0 bridgehead atoms. The number of benzene rings is 1. The van der Waals surface area contributed by atoms with Crippen LogP contribution in [0.25, 0.3) is 6.08 Å². The molecule has 2 fully saturated rings. The number of methoxy groups -OCH3 is 2. The summed E-state index contributed by atoms with van der Waals surface area (Å²) in [5.41, 5.74) is 1.68. The fraction of sp³-hybridized carbons (Fsp3) is 0.417. The van der Waals surface area contributed by atoms with Crippen LogP contribution in [0.2, 0.25) is 0 Å². The molecule has 2 aliphatic heterocycles. The summed E-state index contributed by atoms with van der Waals surface area (Å²) in [7, 11) is 3.14. The molecule has 1 aromatic carbocycles. The van der Waals surface area contributed by atoms with Gasteiger partial charge in [0.1, 0.15) is 17.2 Å². The summed E-state index contributed by atoms with van der Waals surface area (Å²) >= 11 is 1.62. The van der Waals surface area contributed by atoms with Crippen LogP contribution in [0, 0.1) is 5.41 Å². The van der Waals surface area contributed by atoms with Gasteiger partial charge in [-0.05, 0) is 65.3 Å². The zero-order valence-corrected chi connectivity index (χ0v) is 19.3. The fourth-order valence-corrected chi connectivity index (χ4v) is 5.15. The van der Waals surface area contributed by atoms with Gasteiger partial charge >= 0.3 is 6.03 Å². The second-order valence-electron chi connectivity index (χ2n) is 8.35. The minimum atomic E-state index is -0.151. The number of ether oxygens (including phenoxy) is 2. The molecule has 2 aromatic rings. The van der Waals surface area contributed by atoms with E-state index in [2.05, 4.69) is 5.32 Å². The van der Waals surface area contributed by atoms with E-state index in [1.807, 2.05) is 38.8 Å². The Hall–Kier alpha value is -3.00. The van der Waals surface area contributed by atoms with Gasteiger partial charge in [-0.2, -0.15) is 11.3 Å². The van der Waals surface area contributed by atoms with Crippen molar-refractivity contribution in [1.82, 2.24) is 9.80 Å². The summed E-state index contributed by atoms with van der Waals surface area (Å²) in [5.74, 6) is 1.18. The highest BCUT2D eigenvalue weighted by Gasteiger charge is 2.42. The molecule has 2 saturated heterocycles. The lowest BCUT2D eigenvalue weighted by molar-refractivity contribution is -0.128. The molecule has 1 aromatic heterocycles. The number of amides is 3. The minimum Gasteiger partial charge on any atom is -0.494 e. The molecule has 3 amide bonds. The second kappa shape index (κ2) is 9.65. The Morgan fingerprint density at radius 3 is 2.28 bits per heavy atom. The molecular formula is C24H29N3O4S. The Morgan fingerprint density at radius 1 is 1.03 bits per heavy atom. The third-order valence-corrected chi connectivity index (χ3v) is 7.18. The van der Waals surface area contributed by atoms with Crippen LogP contribution >= 0.6 is 11.3 Å². The number of anilines is 1. The van der Waals surface area contributed by atoms with Crippen molar-refractivity contribution in [2.75, 3.05) is 45.7 Å². The summed E-state index contributed by atoms with van der Waals surface area (Å²) in [6.07, 6.45) is 6.31. The number of piperidine rings is 1. The molecule has 1 spiro atoms. The van der Waals surface area contributed by atoms with Gasteiger partial charge in [0.2, 0.25) is 5.91 Å². The van der Waals surface area contributed by atoms with E-state index in [4.69, 9.17) is 9.47 Å². The molecule has 7 nitrogen and oxygen atoms in total. The number of thiophene rings is 1. The van der Waals surface area contributed by atoms with E-state index in [0.717, 1.165) is 37.9 Å². The van der Waals surface area contributed by atoms with Crippen molar-refractivity contribution in [3.63, 3.8) is 0 Å². The van der Waals surface area contributed by atoms with E-state index >= 15 is 0 Å². The predicted octanol–water partition coefficient (Wildman–Crippen LogP) is 4.33. The van der Waals surface area contributed by atoms with E-state index in [1.54, 1.807) is 43.8 Å². The van der Waals surface area contributed by atoms with Crippen molar-refractivity contribution >= 4 is 35.0 Å². The average molecular weight is 456 g/mol. The van der Waals surface area contributed by atoms with Gasteiger partial charge < -0.3 is 24.6 Å². The lowest BCUT2D eigenvalue weighted by Crippen LogP contribution is -2.44. The average Bonchev–Trinajstić information content (AvgIpc) is 3.48. The number of para-hydroxylation sites is 1. The smallest absolute Gasteiger partial charge is 0.322 e. The Morgan fingerprint density at radius 2 is 1.69 bits per heavy atom. The van der Waals surface area contributed by atoms with Crippen LogP contribution in [-0.4, -0.2) is 62.1 Å². The van der Waals surface area contributed by atoms with Crippen molar-refractivity contribution in [3.05, 3.63) is 46.7 Å². The van der Waals surface area contributed by atoms with E-state index in [9.17, 15) is 9.59 Å². The van der Waals surface area contributed by atoms with E-state index in [-0.39, 0.29) is 17.4 Å². The number of urea groups is 1. The standard InChI is InChI=1S/C24H29N3O4S/c1-30-19-4-3-5-20(31-2)22(19)25-23(29)27-14-11-24(17-27)9-12-26(13-10-24)21(28)7-6-18-8-15-32-16-18/h3-8,15-16H,9-14,17H2,1-2H3,(H,25,29). The largest absolute Gasteiger partial charge is 0.494 e. The maximum atomic E-state index is 13.0. The van der Waals surface area contributed by atoms with Crippen LogP contribution in [0.1, 0.15) is 24.8 Å². The van der Waals surface area contributed by atoms with Crippen molar-refractivity contribution in [3.8, 4) is 11.5 Å². The van der Waals surface area contributed by atoms with E-state index < -0.39 is 0 Å². The lowest BCUT2D eigenvalue weighted by Gasteiger charge is -2.38. The second-order valence-corrected chi connectivity index (χ2v) is 9.13. The first-order valence-corrected chi connectivity index (χ1v) is 11.7. The molecule has 0 saturated carbocycles. The SMILES string of the molecule is COc1cccc(OC)c1NC(=O)N1CCC2(CCN(C(=O)C=Cc3ccsc3)CC2)C1. The third-order valence-electron chi connectivity index (χ3n) is 6.48. The third kappa shape index (κ3) is 4.75. The normalized spacial score (nSPS) is 17.7. The molecule has 0 radical (unpaired) electrons. The number of likely N-dealkylation sites (tertiary alicyclic amines) is 2. The molecule has 8 heteroatoms. The molecule has 0 aliphatic carbocycles. The molecule has 1 N–H and O–H groups in total. The van der Waals surface area contributed by atoms with Crippen LogP contribution in [-0.2, 0) is 4.79 Å². The Balaban J connectivity index is 1.33. The maximum absolute atomic E-state index is 13.0. The van der Waals surface area contributed by atoms with Crippen LogP contribution < -0.4 is 14.8 Å². The quantitative estimate of drug-likeness (QED) is 0.682. The highest BCUT2D eigenvalue weighted by atomic mass is 32.1. The lowest BCUT2D eigenvalue weighted by atomic mass is 9.78. The van der Waals surface area contributed by atoms with Crippen LogP contribution in [0.15, 0.2) is 41.1 Å². The summed E-state index contributed by atoms with van der Waals surface area (Å²) in [5, 5.41) is 6.99. The van der Waals surface area contributed by atoms with Gasteiger partial charge in [0.05, 0.1) is 14.2 Å². The van der Waals surface area contributed by atoms with Crippen molar-refractivity contribution in [1.29, 1.82) is 0 Å². The highest BCUT2D eigenvalue weighted by molar-refractivity contribution is 7.08. The van der Waals surface area contributed by atoms with E-state index in [0.29, 0.717) is 30.3 Å². The predicted molar refractivity (Wildman–Crippen MR) is 126 cm³/mol. The molecular weight excluding hydrogens is 426 g/mol. The number of nitrogens with one attached hydrogen (secondary N) is 1. The number of hydrogen-bond donors (Lipinski definition) is 1. The zero-order chi connectivity index (χ0) is 22.6. The first-order valence-electron chi connectivity index (χ1n) is 10.8. The Bertz CT molecular complexity index is 959. The van der Waals surface area contributed by atoms with Crippen LogP contribution in [0.3, 0.4) is 0 Å². The molecule has 3 heterocycles. The van der Waals surface area contributed by atoms with Crippen molar-refractivity contribution in [2.45, 2.75) is 19.3 Å². The number of nitrogens with zero attached hydrogens (tertiary/aromatic N) is 2. The summed E-state index contributed by atoms with van der Waals surface area (Å²) in [4.78, 5) is 29.3. The number of rotatable bonds is 5. The number of carbonyl (C=O) groups is 2. The molecule has 0 atom stereocenters. The summed E-state index contributed by atoms with van der Waals surface area (Å²) < 4.78 is 10.8. The Labute approximate surface area is 192 Å². The first kappa shape index (κ1) is 22.2. The Kier molecular flexibility index (Phi) is 6.69. The van der Waals surface area contributed by atoms with Gasteiger partial charge in [-0.1, -0.05) is 6.07 Å². The number of carbonyl (C=O) groups excluding carboxylic acids is 2. The first-order chi connectivity index (χ1) is 15.5.